The number of aryl methyl sites for hydroxylation is 3. The van der Waals surface area contributed by atoms with E-state index in [2.05, 4.69) is 15.9 Å². The molecular weight excluding hydrogens is 420 g/mol. The van der Waals surface area contributed by atoms with E-state index in [1.54, 1.807) is 38.4 Å². The summed E-state index contributed by atoms with van der Waals surface area (Å²) < 4.78 is 37.8. The Labute approximate surface area is 155 Å². The van der Waals surface area contributed by atoms with Gasteiger partial charge in [-0.25, -0.2) is 5.84 Å². The predicted molar refractivity (Wildman–Crippen MR) is 96.5 cm³/mol. The van der Waals surface area contributed by atoms with Gasteiger partial charge in [-0.05, 0) is 47.8 Å². The molecule has 0 bridgehead atoms. The molecule has 0 aliphatic carbocycles. The van der Waals surface area contributed by atoms with Crippen LogP contribution < -0.4 is 15.3 Å². The van der Waals surface area contributed by atoms with Crippen molar-refractivity contribution in [3.8, 4) is 5.75 Å². The first-order chi connectivity index (χ1) is 11.0. The van der Waals surface area contributed by atoms with Gasteiger partial charge in [0.25, 0.3) is 10.1 Å². The lowest BCUT2D eigenvalue weighted by Gasteiger charge is -2.07. The molecule has 9 heteroatoms. The van der Waals surface area contributed by atoms with E-state index < -0.39 is 10.1 Å². The molecule has 6 nitrogen and oxygen atoms in total. The largest absolute Gasteiger partial charge is 0.490 e. The first kappa shape index (κ1) is 20.7. The third kappa shape index (κ3) is 5.34. The minimum atomic E-state index is -4.08. The Hall–Kier alpha value is -1.35. The van der Waals surface area contributed by atoms with Crippen molar-refractivity contribution in [1.29, 1.82) is 0 Å². The fraction of sp³-hybridized carbons (Fsp3) is 0.267. The van der Waals surface area contributed by atoms with Crippen LogP contribution in [0.5, 0.6) is 5.75 Å². The maximum atomic E-state index is 10.9. The van der Waals surface area contributed by atoms with E-state index >= 15 is 0 Å². The molecule has 24 heavy (non-hydrogen) atoms. The second-order valence-corrected chi connectivity index (χ2v) is 7.73. The van der Waals surface area contributed by atoms with Gasteiger partial charge in [0, 0.05) is 0 Å². The fourth-order valence-electron chi connectivity index (χ4n) is 2.25. The van der Waals surface area contributed by atoms with Gasteiger partial charge >= 0.3 is 0 Å². The maximum absolute atomic E-state index is 10.9. The number of aromatic nitrogens is 1. The number of halogens is 2. The Balaban J connectivity index is 0.000000243. The highest BCUT2D eigenvalue weighted by Crippen LogP contribution is 2.29. The normalized spacial score (nSPS) is 10.8. The molecule has 0 spiro atoms. The molecule has 0 amide bonds. The van der Waals surface area contributed by atoms with Crippen LogP contribution in [0.15, 0.2) is 33.9 Å². The van der Waals surface area contributed by atoms with Crippen LogP contribution in [0.25, 0.3) is 0 Å². The molecule has 2 aromatic rings. The molecule has 0 atom stereocenters. The summed E-state index contributed by atoms with van der Waals surface area (Å²) in [5, 5.41) is 0.522. The standard InChI is InChI=1S/C9H12O3S.C6H7BrClN2O/c1-6-4-7(2)9(8(3)5-6)13(10,11)12;1-11-5-3-10(9)2-4(7)6(5)8/h4-5H,1-3H3,(H,10,11,12);2-3H,9H2,1H3/q;+1. The smallest absolute Gasteiger partial charge is 0.295 e. The van der Waals surface area contributed by atoms with Gasteiger partial charge in [-0.15, -0.1) is 0 Å². The lowest BCUT2D eigenvalue weighted by molar-refractivity contribution is -0.639. The number of nitrogen functional groups attached to an aromatic ring is 1. The van der Waals surface area contributed by atoms with E-state index in [0.29, 0.717) is 26.4 Å². The number of nitrogens with two attached hydrogens (primary N) is 1. The van der Waals surface area contributed by atoms with Crippen molar-refractivity contribution >= 4 is 37.6 Å². The molecular formula is C15H19BrClN2O4S+. The minimum Gasteiger partial charge on any atom is -0.490 e. The quantitative estimate of drug-likeness (QED) is 0.427. The second-order valence-electron chi connectivity index (χ2n) is 5.14. The molecule has 0 aliphatic heterocycles. The Bertz CT molecular complexity index is 834. The molecule has 1 aromatic heterocycles. The lowest BCUT2D eigenvalue weighted by atomic mass is 10.1. The van der Waals surface area contributed by atoms with Gasteiger partial charge in [0.05, 0.1) is 12.0 Å². The summed E-state index contributed by atoms with van der Waals surface area (Å²) in [5.74, 6) is 6.00. The van der Waals surface area contributed by atoms with Crippen molar-refractivity contribution in [2.75, 3.05) is 13.0 Å². The van der Waals surface area contributed by atoms with Gasteiger partial charge < -0.3 is 4.74 Å². The van der Waals surface area contributed by atoms with E-state index in [4.69, 9.17) is 26.7 Å². The third-order valence-corrected chi connectivity index (χ3v) is 5.42. The van der Waals surface area contributed by atoms with Crippen LogP contribution in [0.4, 0.5) is 0 Å². The number of ether oxygens (including phenoxy) is 1. The second kappa shape index (κ2) is 8.15. The predicted octanol–water partition coefficient (Wildman–Crippen LogP) is 2.97. The average Bonchev–Trinajstić information content (AvgIpc) is 2.40. The van der Waals surface area contributed by atoms with Gasteiger partial charge in [0.1, 0.15) is 9.50 Å². The van der Waals surface area contributed by atoms with Crippen molar-refractivity contribution in [3.05, 3.63) is 50.7 Å². The zero-order valence-electron chi connectivity index (χ0n) is 13.7. The molecule has 0 radical (unpaired) electrons. The highest BCUT2D eigenvalue weighted by Gasteiger charge is 2.16. The first-order valence-corrected chi connectivity index (χ1v) is 9.33. The topological polar surface area (TPSA) is 93.5 Å². The first-order valence-electron chi connectivity index (χ1n) is 6.72. The van der Waals surface area contributed by atoms with E-state index in [-0.39, 0.29) is 4.90 Å². The van der Waals surface area contributed by atoms with Crippen LogP contribution >= 0.6 is 27.5 Å². The van der Waals surface area contributed by atoms with Gasteiger partial charge in [-0.3, -0.25) is 4.55 Å². The molecule has 3 N–H and O–H groups in total. The van der Waals surface area contributed by atoms with Crippen molar-refractivity contribution in [2.24, 2.45) is 0 Å². The number of methoxy groups -OCH3 is 1. The summed E-state index contributed by atoms with van der Waals surface area (Å²) in [7, 11) is -2.55. The van der Waals surface area contributed by atoms with Crippen LogP contribution in [-0.4, -0.2) is 20.1 Å². The number of pyridine rings is 1. The summed E-state index contributed by atoms with van der Waals surface area (Å²) in [6.07, 6.45) is 3.23. The maximum Gasteiger partial charge on any atom is 0.295 e. The zero-order valence-corrected chi connectivity index (χ0v) is 16.8. The van der Waals surface area contributed by atoms with Gasteiger partial charge in [0.15, 0.2) is 0 Å². The SMILES string of the molecule is COc1c[n+](N)cc(Br)c1Cl.Cc1cc(C)c(S(=O)(=O)O)c(C)c1. The van der Waals surface area contributed by atoms with Gasteiger partial charge in [-0.2, -0.15) is 8.42 Å². The van der Waals surface area contributed by atoms with E-state index in [9.17, 15) is 8.42 Å². The summed E-state index contributed by atoms with van der Waals surface area (Å²) in [6, 6.07) is 3.46. The summed E-state index contributed by atoms with van der Waals surface area (Å²) in [5.41, 5.74) is 2.16. The number of nitrogens with zero attached hydrogens (tertiary/aromatic N) is 1. The van der Waals surface area contributed by atoms with Crippen LogP contribution in [0.1, 0.15) is 16.7 Å². The minimum absolute atomic E-state index is 0.0260. The molecule has 132 valence electrons. The van der Waals surface area contributed by atoms with Crippen molar-refractivity contribution in [3.63, 3.8) is 0 Å². The van der Waals surface area contributed by atoms with Crippen molar-refractivity contribution < 1.29 is 22.4 Å². The number of benzene rings is 1. The average molecular weight is 439 g/mol. The zero-order chi connectivity index (χ0) is 18.7. The number of hydrogen-bond acceptors (Lipinski definition) is 4. The Morgan fingerprint density at radius 1 is 1.21 bits per heavy atom. The van der Waals surface area contributed by atoms with Crippen molar-refractivity contribution in [1.82, 2.24) is 0 Å². The fourth-order valence-corrected chi connectivity index (χ4v) is 3.79. The molecule has 1 aromatic carbocycles. The van der Waals surface area contributed by atoms with Crippen LogP contribution in [-0.2, 0) is 10.1 Å². The monoisotopic (exact) mass is 437 g/mol. The summed E-state index contributed by atoms with van der Waals surface area (Å²) in [4.78, 5) is 0.0260. The molecule has 0 unspecified atom stereocenters. The molecule has 1 heterocycles. The number of rotatable bonds is 2. The third-order valence-electron chi connectivity index (χ3n) is 3.04. The van der Waals surface area contributed by atoms with E-state index in [0.717, 1.165) is 5.56 Å². The highest BCUT2D eigenvalue weighted by atomic mass is 79.9. The number of hydrogen-bond donors (Lipinski definition) is 2. The Kier molecular flexibility index (Phi) is 7.03. The lowest BCUT2D eigenvalue weighted by Crippen LogP contribution is -2.43. The molecule has 0 saturated carbocycles. The molecule has 0 fully saturated rings. The summed E-state index contributed by atoms with van der Waals surface area (Å²) >= 11 is 9.05. The molecule has 0 saturated heterocycles. The van der Waals surface area contributed by atoms with Crippen LogP contribution in [0.3, 0.4) is 0 Å². The molecule has 2 rings (SSSR count). The van der Waals surface area contributed by atoms with Crippen LogP contribution in [0, 0.1) is 20.8 Å². The Morgan fingerprint density at radius 3 is 2.12 bits per heavy atom. The van der Waals surface area contributed by atoms with Gasteiger partial charge in [-0.1, -0.05) is 34.0 Å². The van der Waals surface area contributed by atoms with Crippen molar-refractivity contribution in [2.45, 2.75) is 25.7 Å². The highest BCUT2D eigenvalue weighted by molar-refractivity contribution is 9.10. The summed E-state index contributed by atoms with van der Waals surface area (Å²) in [6.45, 7) is 5.22. The van der Waals surface area contributed by atoms with Crippen LogP contribution in [0.2, 0.25) is 5.02 Å². The van der Waals surface area contributed by atoms with E-state index in [1.807, 2.05) is 6.92 Å². The Morgan fingerprint density at radius 2 is 1.71 bits per heavy atom. The molecule has 0 aliphatic rings. The van der Waals surface area contributed by atoms with E-state index in [1.165, 1.54) is 11.8 Å². The van der Waals surface area contributed by atoms with Gasteiger partial charge in [0.2, 0.25) is 18.1 Å².